The third kappa shape index (κ3) is 3.52. The highest BCUT2D eigenvalue weighted by atomic mass is 79.9. The van der Waals surface area contributed by atoms with E-state index in [0.29, 0.717) is 11.3 Å². The molecule has 0 unspecified atom stereocenters. The molecule has 4 heteroatoms. The van der Waals surface area contributed by atoms with E-state index in [2.05, 4.69) is 15.9 Å². The molecule has 0 saturated carbocycles. The lowest BCUT2D eigenvalue weighted by molar-refractivity contribution is 0.00665. The van der Waals surface area contributed by atoms with E-state index >= 15 is 0 Å². The quantitative estimate of drug-likeness (QED) is 0.782. The fraction of sp³-hybridized carbons (Fsp3) is 0.417. The first kappa shape index (κ1) is 13.0. The second kappa shape index (κ2) is 4.87. The van der Waals surface area contributed by atoms with Crippen LogP contribution in [0.25, 0.3) is 0 Å². The van der Waals surface area contributed by atoms with E-state index in [-0.39, 0.29) is 5.97 Å². The monoisotopic (exact) mass is 286 g/mol. The molecular weight excluding hydrogens is 272 g/mol. The van der Waals surface area contributed by atoms with Crippen LogP contribution >= 0.6 is 15.9 Å². The second-order valence-electron chi connectivity index (χ2n) is 4.35. The molecule has 1 rings (SSSR count). The van der Waals surface area contributed by atoms with Gasteiger partial charge < -0.3 is 9.47 Å². The average Bonchev–Trinajstić information content (AvgIpc) is 2.14. The third-order valence-electron chi connectivity index (χ3n) is 1.78. The summed E-state index contributed by atoms with van der Waals surface area (Å²) < 4.78 is 11.3. The Labute approximate surface area is 104 Å². The fourth-order valence-electron chi connectivity index (χ4n) is 1.17. The van der Waals surface area contributed by atoms with Crippen molar-refractivity contribution < 1.29 is 14.3 Å². The van der Waals surface area contributed by atoms with Gasteiger partial charge in [0.2, 0.25) is 0 Å². The van der Waals surface area contributed by atoms with Crippen molar-refractivity contribution in [3.8, 4) is 5.75 Å². The van der Waals surface area contributed by atoms with Gasteiger partial charge in [0, 0.05) is 4.47 Å². The van der Waals surface area contributed by atoms with Crippen LogP contribution in [0.4, 0.5) is 0 Å². The SMILES string of the molecule is COc1cc(Br)ccc1C(=O)OC(C)(C)C. The van der Waals surface area contributed by atoms with E-state index in [1.54, 1.807) is 18.2 Å². The minimum Gasteiger partial charge on any atom is -0.496 e. The molecule has 0 atom stereocenters. The van der Waals surface area contributed by atoms with Crippen LogP contribution < -0.4 is 4.74 Å². The van der Waals surface area contributed by atoms with Crippen molar-refractivity contribution >= 4 is 21.9 Å². The molecule has 0 amide bonds. The predicted molar refractivity (Wildman–Crippen MR) is 65.9 cm³/mol. The lowest BCUT2D eigenvalue weighted by Crippen LogP contribution is -2.24. The van der Waals surface area contributed by atoms with Gasteiger partial charge in [-0.3, -0.25) is 0 Å². The Morgan fingerprint density at radius 1 is 1.31 bits per heavy atom. The zero-order chi connectivity index (χ0) is 12.3. The number of esters is 1. The van der Waals surface area contributed by atoms with Crippen LogP contribution in [0.15, 0.2) is 22.7 Å². The van der Waals surface area contributed by atoms with E-state index < -0.39 is 5.60 Å². The molecule has 0 aliphatic heterocycles. The molecule has 0 spiro atoms. The van der Waals surface area contributed by atoms with Gasteiger partial charge in [-0.15, -0.1) is 0 Å². The number of ether oxygens (including phenoxy) is 2. The summed E-state index contributed by atoms with van der Waals surface area (Å²) in [5.74, 6) is 0.125. The highest BCUT2D eigenvalue weighted by molar-refractivity contribution is 9.10. The Bertz CT molecular complexity index is 394. The standard InChI is InChI=1S/C12H15BrO3/c1-12(2,3)16-11(14)9-6-5-8(13)7-10(9)15-4/h5-7H,1-4H3. The van der Waals surface area contributed by atoms with Crippen LogP contribution in [-0.4, -0.2) is 18.7 Å². The molecule has 0 saturated heterocycles. The van der Waals surface area contributed by atoms with Crippen molar-refractivity contribution in [1.29, 1.82) is 0 Å². The number of halogens is 1. The normalized spacial score (nSPS) is 11.1. The number of benzene rings is 1. The Hall–Kier alpha value is -1.03. The number of hydrogen-bond donors (Lipinski definition) is 0. The molecule has 0 fully saturated rings. The summed E-state index contributed by atoms with van der Waals surface area (Å²) in [6, 6.07) is 5.19. The highest BCUT2D eigenvalue weighted by Gasteiger charge is 2.20. The summed E-state index contributed by atoms with van der Waals surface area (Å²) >= 11 is 3.32. The van der Waals surface area contributed by atoms with E-state index in [4.69, 9.17) is 9.47 Å². The summed E-state index contributed by atoms with van der Waals surface area (Å²) in [4.78, 5) is 11.8. The number of rotatable bonds is 2. The Morgan fingerprint density at radius 3 is 2.44 bits per heavy atom. The molecule has 0 aliphatic carbocycles. The van der Waals surface area contributed by atoms with Crippen molar-refractivity contribution in [3.63, 3.8) is 0 Å². The van der Waals surface area contributed by atoms with Gasteiger partial charge in [0.05, 0.1) is 7.11 Å². The van der Waals surface area contributed by atoms with Gasteiger partial charge in [0.15, 0.2) is 0 Å². The Morgan fingerprint density at radius 2 is 1.94 bits per heavy atom. The van der Waals surface area contributed by atoms with E-state index in [9.17, 15) is 4.79 Å². The van der Waals surface area contributed by atoms with E-state index in [1.807, 2.05) is 20.8 Å². The number of methoxy groups -OCH3 is 1. The maximum Gasteiger partial charge on any atom is 0.342 e. The van der Waals surface area contributed by atoms with E-state index in [0.717, 1.165) is 4.47 Å². The molecule has 0 aliphatic rings. The van der Waals surface area contributed by atoms with Gasteiger partial charge >= 0.3 is 5.97 Å². The predicted octanol–water partition coefficient (Wildman–Crippen LogP) is 3.41. The van der Waals surface area contributed by atoms with Crippen molar-refractivity contribution in [3.05, 3.63) is 28.2 Å². The van der Waals surface area contributed by atoms with Gasteiger partial charge in [0.25, 0.3) is 0 Å². The summed E-state index contributed by atoms with van der Waals surface area (Å²) in [5.41, 5.74) is -0.0737. The van der Waals surface area contributed by atoms with Crippen LogP contribution in [0.2, 0.25) is 0 Å². The molecule has 1 aromatic carbocycles. The largest absolute Gasteiger partial charge is 0.496 e. The summed E-state index contributed by atoms with van der Waals surface area (Å²) in [6.07, 6.45) is 0. The number of hydrogen-bond acceptors (Lipinski definition) is 3. The lowest BCUT2D eigenvalue weighted by Gasteiger charge is -2.20. The van der Waals surface area contributed by atoms with E-state index in [1.165, 1.54) is 7.11 Å². The van der Waals surface area contributed by atoms with Crippen LogP contribution in [0, 0.1) is 0 Å². The Balaban J connectivity index is 2.99. The maximum absolute atomic E-state index is 11.8. The van der Waals surface area contributed by atoms with Crippen molar-refractivity contribution in [2.24, 2.45) is 0 Å². The van der Waals surface area contributed by atoms with Gasteiger partial charge in [0.1, 0.15) is 16.9 Å². The molecule has 0 bridgehead atoms. The van der Waals surface area contributed by atoms with Crippen LogP contribution in [0.3, 0.4) is 0 Å². The smallest absolute Gasteiger partial charge is 0.342 e. The molecule has 16 heavy (non-hydrogen) atoms. The summed E-state index contributed by atoms with van der Waals surface area (Å²) in [5, 5.41) is 0. The minimum absolute atomic E-state index is 0.378. The molecule has 88 valence electrons. The first-order chi connectivity index (χ1) is 7.33. The van der Waals surface area contributed by atoms with Crippen molar-refractivity contribution in [2.45, 2.75) is 26.4 Å². The van der Waals surface area contributed by atoms with Gasteiger partial charge in [-0.25, -0.2) is 4.79 Å². The first-order valence-corrected chi connectivity index (χ1v) is 5.69. The lowest BCUT2D eigenvalue weighted by atomic mass is 10.1. The van der Waals surface area contributed by atoms with Crippen LogP contribution in [0.1, 0.15) is 31.1 Å². The zero-order valence-corrected chi connectivity index (χ0v) is 11.4. The molecule has 0 radical (unpaired) electrons. The fourth-order valence-corrected chi connectivity index (χ4v) is 1.51. The Kier molecular flexibility index (Phi) is 3.97. The van der Waals surface area contributed by atoms with Gasteiger partial charge in [-0.1, -0.05) is 15.9 Å². The van der Waals surface area contributed by atoms with Crippen LogP contribution in [0.5, 0.6) is 5.75 Å². The first-order valence-electron chi connectivity index (χ1n) is 4.90. The maximum atomic E-state index is 11.8. The highest BCUT2D eigenvalue weighted by Crippen LogP contribution is 2.25. The summed E-state index contributed by atoms with van der Waals surface area (Å²) in [7, 11) is 1.52. The topological polar surface area (TPSA) is 35.5 Å². The average molecular weight is 287 g/mol. The number of carbonyl (C=O) groups is 1. The second-order valence-corrected chi connectivity index (χ2v) is 5.26. The molecule has 0 N–H and O–H groups in total. The molecular formula is C12H15BrO3. The molecule has 0 aromatic heterocycles. The third-order valence-corrected chi connectivity index (χ3v) is 2.28. The van der Waals surface area contributed by atoms with Gasteiger partial charge in [-0.2, -0.15) is 0 Å². The van der Waals surface area contributed by atoms with Crippen molar-refractivity contribution in [1.82, 2.24) is 0 Å². The van der Waals surface area contributed by atoms with Gasteiger partial charge in [-0.05, 0) is 39.0 Å². The number of carbonyl (C=O) groups excluding carboxylic acids is 1. The molecule has 1 aromatic rings. The molecule has 3 nitrogen and oxygen atoms in total. The van der Waals surface area contributed by atoms with Crippen LogP contribution in [-0.2, 0) is 4.74 Å². The molecule has 0 heterocycles. The summed E-state index contributed by atoms with van der Waals surface area (Å²) in [6.45, 7) is 5.49. The minimum atomic E-state index is -0.505. The van der Waals surface area contributed by atoms with Crippen molar-refractivity contribution in [2.75, 3.05) is 7.11 Å². The zero-order valence-electron chi connectivity index (χ0n) is 9.83.